The normalized spacial score (nSPS) is 36.4. The van der Waals surface area contributed by atoms with Crippen LogP contribution >= 0.6 is 12.4 Å². The molecule has 5 unspecified atom stereocenters. The SMILES string of the molecule is Cl.NC1C2CCC(C2)C1C(=O)N1CCC(c2ccccc2)C1. The van der Waals surface area contributed by atoms with E-state index in [0.29, 0.717) is 23.7 Å². The van der Waals surface area contributed by atoms with Crippen LogP contribution in [-0.2, 0) is 4.79 Å². The van der Waals surface area contributed by atoms with E-state index in [4.69, 9.17) is 5.73 Å². The maximum atomic E-state index is 12.9. The predicted octanol–water partition coefficient (Wildman–Crippen LogP) is 2.80. The highest BCUT2D eigenvalue weighted by molar-refractivity contribution is 5.85. The van der Waals surface area contributed by atoms with E-state index in [9.17, 15) is 4.79 Å². The van der Waals surface area contributed by atoms with Crippen molar-refractivity contribution in [2.45, 2.75) is 37.6 Å². The molecule has 120 valence electrons. The molecule has 22 heavy (non-hydrogen) atoms. The number of amides is 1. The summed E-state index contributed by atoms with van der Waals surface area (Å²) >= 11 is 0. The number of hydrogen-bond acceptors (Lipinski definition) is 2. The lowest BCUT2D eigenvalue weighted by atomic mass is 9.84. The van der Waals surface area contributed by atoms with E-state index in [0.717, 1.165) is 19.5 Å². The smallest absolute Gasteiger partial charge is 0.227 e. The van der Waals surface area contributed by atoms with Crippen LogP contribution in [0.1, 0.15) is 37.2 Å². The summed E-state index contributed by atoms with van der Waals surface area (Å²) in [5.74, 6) is 2.13. The number of halogens is 1. The molecule has 2 bridgehead atoms. The van der Waals surface area contributed by atoms with Crippen LogP contribution in [0.2, 0.25) is 0 Å². The lowest BCUT2D eigenvalue weighted by Gasteiger charge is -2.30. The molecule has 1 amide bonds. The van der Waals surface area contributed by atoms with Gasteiger partial charge >= 0.3 is 0 Å². The Labute approximate surface area is 138 Å². The van der Waals surface area contributed by atoms with E-state index in [2.05, 4.69) is 35.2 Å². The van der Waals surface area contributed by atoms with Crippen LogP contribution in [0.4, 0.5) is 0 Å². The highest BCUT2D eigenvalue weighted by Gasteiger charge is 2.50. The Balaban J connectivity index is 0.00000144. The van der Waals surface area contributed by atoms with Crippen molar-refractivity contribution in [3.8, 4) is 0 Å². The van der Waals surface area contributed by atoms with Crippen LogP contribution in [0.15, 0.2) is 30.3 Å². The Kier molecular flexibility index (Phi) is 4.47. The number of nitrogens with two attached hydrogens (primary N) is 1. The highest BCUT2D eigenvalue weighted by atomic mass is 35.5. The number of benzene rings is 1. The van der Waals surface area contributed by atoms with Gasteiger partial charge in [-0.15, -0.1) is 12.4 Å². The lowest BCUT2D eigenvalue weighted by molar-refractivity contribution is -0.136. The standard InChI is InChI=1S/C18H24N2O.ClH/c19-17-14-7-6-13(10-14)16(17)18(21)20-9-8-15(11-20)12-4-2-1-3-5-12;/h1-5,13-17H,6-11,19H2;1H. The largest absolute Gasteiger partial charge is 0.342 e. The van der Waals surface area contributed by atoms with Crippen molar-refractivity contribution < 1.29 is 4.79 Å². The first kappa shape index (κ1) is 15.8. The van der Waals surface area contributed by atoms with E-state index in [1.807, 2.05) is 0 Å². The van der Waals surface area contributed by atoms with Gasteiger partial charge in [0.15, 0.2) is 0 Å². The first-order chi connectivity index (χ1) is 10.2. The summed E-state index contributed by atoms with van der Waals surface area (Å²) in [7, 11) is 0. The predicted molar refractivity (Wildman–Crippen MR) is 89.9 cm³/mol. The Morgan fingerprint density at radius 2 is 1.82 bits per heavy atom. The van der Waals surface area contributed by atoms with Gasteiger partial charge in [0.25, 0.3) is 0 Å². The maximum absolute atomic E-state index is 12.9. The third-order valence-electron chi connectivity index (χ3n) is 6.04. The van der Waals surface area contributed by atoms with E-state index < -0.39 is 0 Å². The molecule has 1 saturated heterocycles. The molecule has 1 aliphatic heterocycles. The number of likely N-dealkylation sites (tertiary alicyclic amines) is 1. The maximum Gasteiger partial charge on any atom is 0.227 e. The fourth-order valence-electron chi connectivity index (χ4n) is 4.87. The minimum Gasteiger partial charge on any atom is -0.342 e. The molecule has 4 rings (SSSR count). The van der Waals surface area contributed by atoms with Crippen molar-refractivity contribution in [3.05, 3.63) is 35.9 Å². The van der Waals surface area contributed by atoms with Crippen LogP contribution in [-0.4, -0.2) is 29.9 Å². The van der Waals surface area contributed by atoms with Gasteiger partial charge in [-0.3, -0.25) is 4.79 Å². The second kappa shape index (κ2) is 6.21. The summed E-state index contributed by atoms with van der Waals surface area (Å²) in [5.41, 5.74) is 7.70. The number of carbonyl (C=O) groups is 1. The molecular formula is C18H25ClN2O. The zero-order valence-electron chi connectivity index (χ0n) is 12.9. The summed E-state index contributed by atoms with van der Waals surface area (Å²) in [6.07, 6.45) is 4.73. The number of carbonyl (C=O) groups excluding carboxylic acids is 1. The topological polar surface area (TPSA) is 46.3 Å². The molecule has 2 saturated carbocycles. The fraction of sp³-hybridized carbons (Fsp3) is 0.611. The average molecular weight is 321 g/mol. The Morgan fingerprint density at radius 1 is 1.09 bits per heavy atom. The van der Waals surface area contributed by atoms with Crippen LogP contribution in [0, 0.1) is 17.8 Å². The lowest BCUT2D eigenvalue weighted by Crippen LogP contribution is -2.46. The van der Waals surface area contributed by atoms with E-state index in [-0.39, 0.29) is 24.4 Å². The van der Waals surface area contributed by atoms with Gasteiger partial charge in [0.1, 0.15) is 0 Å². The summed E-state index contributed by atoms with van der Waals surface area (Å²) in [6, 6.07) is 10.7. The minimum atomic E-state index is 0. The van der Waals surface area contributed by atoms with Crippen LogP contribution in [0.5, 0.6) is 0 Å². The van der Waals surface area contributed by atoms with Gasteiger partial charge in [0.05, 0.1) is 5.92 Å². The quantitative estimate of drug-likeness (QED) is 0.910. The molecule has 2 aliphatic carbocycles. The monoisotopic (exact) mass is 320 g/mol. The summed E-state index contributed by atoms with van der Waals surface area (Å²) in [6.45, 7) is 1.78. The zero-order chi connectivity index (χ0) is 14.4. The first-order valence-corrected chi connectivity index (χ1v) is 8.33. The molecule has 3 aliphatic rings. The van der Waals surface area contributed by atoms with Crippen LogP contribution < -0.4 is 5.73 Å². The molecule has 1 aromatic rings. The molecule has 3 nitrogen and oxygen atoms in total. The number of nitrogens with zero attached hydrogens (tertiary/aromatic N) is 1. The molecule has 0 radical (unpaired) electrons. The summed E-state index contributed by atoms with van der Waals surface area (Å²) < 4.78 is 0. The van der Waals surface area contributed by atoms with Crippen LogP contribution in [0.25, 0.3) is 0 Å². The highest BCUT2D eigenvalue weighted by Crippen LogP contribution is 2.48. The van der Waals surface area contributed by atoms with Gasteiger partial charge in [-0.25, -0.2) is 0 Å². The van der Waals surface area contributed by atoms with Gasteiger partial charge in [-0.1, -0.05) is 30.3 Å². The van der Waals surface area contributed by atoms with Crippen molar-refractivity contribution in [1.29, 1.82) is 0 Å². The molecule has 3 fully saturated rings. The molecule has 0 spiro atoms. The Hall–Kier alpha value is -1.06. The zero-order valence-corrected chi connectivity index (χ0v) is 13.7. The van der Waals surface area contributed by atoms with Gasteiger partial charge in [-0.2, -0.15) is 0 Å². The van der Waals surface area contributed by atoms with Crippen LogP contribution in [0.3, 0.4) is 0 Å². The average Bonchev–Trinajstić information content (AvgIpc) is 3.23. The van der Waals surface area contributed by atoms with Gasteiger partial charge in [0, 0.05) is 25.0 Å². The first-order valence-electron chi connectivity index (χ1n) is 8.33. The minimum absolute atomic E-state index is 0. The Bertz CT molecular complexity index is 533. The van der Waals surface area contributed by atoms with Gasteiger partial charge < -0.3 is 10.6 Å². The molecule has 1 heterocycles. The number of rotatable bonds is 2. The molecule has 5 atom stereocenters. The van der Waals surface area contributed by atoms with Gasteiger partial charge in [-0.05, 0) is 43.1 Å². The van der Waals surface area contributed by atoms with Crippen molar-refractivity contribution in [1.82, 2.24) is 4.90 Å². The van der Waals surface area contributed by atoms with Gasteiger partial charge in [0.2, 0.25) is 5.91 Å². The molecule has 0 aromatic heterocycles. The number of hydrogen-bond donors (Lipinski definition) is 1. The fourth-order valence-corrected chi connectivity index (χ4v) is 4.87. The second-order valence-electron chi connectivity index (χ2n) is 7.12. The van der Waals surface area contributed by atoms with E-state index in [1.165, 1.54) is 24.8 Å². The van der Waals surface area contributed by atoms with E-state index in [1.54, 1.807) is 0 Å². The molecule has 1 aromatic carbocycles. The molecular weight excluding hydrogens is 296 g/mol. The Morgan fingerprint density at radius 3 is 2.50 bits per heavy atom. The van der Waals surface area contributed by atoms with Crippen molar-refractivity contribution in [2.24, 2.45) is 23.5 Å². The van der Waals surface area contributed by atoms with E-state index >= 15 is 0 Å². The number of fused-ring (bicyclic) bond motifs is 2. The summed E-state index contributed by atoms with van der Waals surface area (Å²) in [4.78, 5) is 15.0. The van der Waals surface area contributed by atoms with Crippen molar-refractivity contribution >= 4 is 18.3 Å². The third kappa shape index (κ3) is 2.55. The third-order valence-corrected chi connectivity index (χ3v) is 6.04. The summed E-state index contributed by atoms with van der Waals surface area (Å²) in [5, 5.41) is 0. The second-order valence-corrected chi connectivity index (χ2v) is 7.12. The van der Waals surface area contributed by atoms with Crippen molar-refractivity contribution in [2.75, 3.05) is 13.1 Å². The molecule has 4 heteroatoms. The van der Waals surface area contributed by atoms with Crippen molar-refractivity contribution in [3.63, 3.8) is 0 Å². The molecule has 2 N–H and O–H groups in total.